The Hall–Kier alpha value is -0.380. The molecule has 2 atom stereocenters. The van der Waals surface area contributed by atoms with E-state index in [1.807, 2.05) is 0 Å². The van der Waals surface area contributed by atoms with Gasteiger partial charge in [-0.05, 0) is 57.0 Å². The Morgan fingerprint density at radius 2 is 2.00 bits per heavy atom. The summed E-state index contributed by atoms with van der Waals surface area (Å²) in [7, 11) is 0. The van der Waals surface area contributed by atoms with Crippen LogP contribution in [0.2, 0.25) is 0 Å². The van der Waals surface area contributed by atoms with Crippen LogP contribution < -0.4 is 0 Å². The van der Waals surface area contributed by atoms with Crippen LogP contribution >= 0.6 is 15.9 Å². The van der Waals surface area contributed by atoms with Gasteiger partial charge in [-0.25, -0.2) is 0 Å². The molecule has 3 rings (SSSR count). The quantitative estimate of drug-likeness (QED) is 0.803. The maximum Gasteiger partial charge on any atom is 0.0320 e. The zero-order valence-corrected chi connectivity index (χ0v) is 14.0. The maximum absolute atomic E-state index is 3.60. The van der Waals surface area contributed by atoms with Crippen molar-refractivity contribution in [2.75, 3.05) is 26.2 Å². The number of hydrogen-bond donors (Lipinski definition) is 0. The van der Waals surface area contributed by atoms with Gasteiger partial charge >= 0.3 is 0 Å². The fourth-order valence-corrected chi connectivity index (χ4v) is 4.15. The van der Waals surface area contributed by atoms with Crippen LogP contribution in [0.1, 0.15) is 44.2 Å². The second kappa shape index (κ2) is 6.59. The van der Waals surface area contributed by atoms with E-state index in [0.29, 0.717) is 6.04 Å². The summed E-state index contributed by atoms with van der Waals surface area (Å²) in [6.45, 7) is 7.46. The van der Waals surface area contributed by atoms with Crippen molar-refractivity contribution >= 4 is 15.9 Å². The van der Waals surface area contributed by atoms with Crippen molar-refractivity contribution in [3.05, 3.63) is 34.3 Å². The molecule has 0 bridgehead atoms. The molecular weight excluding hydrogens is 312 g/mol. The Bertz CT molecular complexity index is 448. The summed E-state index contributed by atoms with van der Waals surface area (Å²) in [5.74, 6) is 0. The molecule has 1 aromatic carbocycles. The fourth-order valence-electron chi connectivity index (χ4n) is 3.73. The van der Waals surface area contributed by atoms with Gasteiger partial charge in [-0.15, -0.1) is 0 Å². The first-order valence-electron chi connectivity index (χ1n) is 7.97. The monoisotopic (exact) mass is 336 g/mol. The fraction of sp³-hybridized carbons (Fsp3) is 0.647. The smallest absolute Gasteiger partial charge is 0.0320 e. The van der Waals surface area contributed by atoms with Crippen molar-refractivity contribution in [2.24, 2.45) is 0 Å². The molecule has 0 aromatic heterocycles. The number of rotatable bonds is 2. The van der Waals surface area contributed by atoms with Crippen LogP contribution in [0, 0.1) is 0 Å². The normalized spacial score (nSPS) is 26.8. The molecule has 20 heavy (non-hydrogen) atoms. The second-order valence-electron chi connectivity index (χ2n) is 6.27. The molecule has 0 saturated carbocycles. The van der Waals surface area contributed by atoms with Crippen molar-refractivity contribution < 1.29 is 0 Å². The molecule has 110 valence electrons. The van der Waals surface area contributed by atoms with Crippen LogP contribution in [0.4, 0.5) is 0 Å². The van der Waals surface area contributed by atoms with Gasteiger partial charge in [0.1, 0.15) is 0 Å². The van der Waals surface area contributed by atoms with Gasteiger partial charge in [-0.2, -0.15) is 0 Å². The molecule has 0 N–H and O–H groups in total. The molecular formula is C17H25BrN2. The highest BCUT2D eigenvalue weighted by Crippen LogP contribution is 2.28. The highest BCUT2D eigenvalue weighted by atomic mass is 79.9. The lowest BCUT2D eigenvalue weighted by Crippen LogP contribution is -2.44. The number of halogens is 1. The Morgan fingerprint density at radius 3 is 2.85 bits per heavy atom. The van der Waals surface area contributed by atoms with Gasteiger partial charge in [0.05, 0.1) is 0 Å². The van der Waals surface area contributed by atoms with Gasteiger partial charge in [-0.3, -0.25) is 9.80 Å². The Labute approximate surface area is 131 Å². The molecule has 2 aliphatic rings. The molecule has 2 unspecified atom stereocenters. The van der Waals surface area contributed by atoms with Crippen molar-refractivity contribution in [1.82, 2.24) is 9.80 Å². The second-order valence-corrected chi connectivity index (χ2v) is 7.18. The first-order chi connectivity index (χ1) is 9.74. The minimum Gasteiger partial charge on any atom is -0.299 e. The average Bonchev–Trinajstić information content (AvgIpc) is 2.68. The van der Waals surface area contributed by atoms with E-state index in [1.165, 1.54) is 61.9 Å². The largest absolute Gasteiger partial charge is 0.299 e. The SMILES string of the molecule is CC(c1cccc(Br)c1)N1CCCN2CCCCC2C1. The molecule has 2 heterocycles. The zero-order valence-electron chi connectivity index (χ0n) is 12.4. The number of hydrogen-bond acceptors (Lipinski definition) is 2. The van der Waals surface area contributed by atoms with E-state index in [1.54, 1.807) is 0 Å². The van der Waals surface area contributed by atoms with Gasteiger partial charge in [-0.1, -0.05) is 34.5 Å². The van der Waals surface area contributed by atoms with Crippen molar-refractivity contribution in [3.63, 3.8) is 0 Å². The molecule has 3 heteroatoms. The minimum absolute atomic E-state index is 0.523. The first kappa shape index (κ1) is 14.6. The molecule has 0 amide bonds. The van der Waals surface area contributed by atoms with Crippen LogP contribution in [0.25, 0.3) is 0 Å². The van der Waals surface area contributed by atoms with Crippen molar-refractivity contribution in [3.8, 4) is 0 Å². The molecule has 0 radical (unpaired) electrons. The Balaban J connectivity index is 1.72. The topological polar surface area (TPSA) is 6.48 Å². The van der Waals surface area contributed by atoms with E-state index in [0.717, 1.165) is 6.04 Å². The highest BCUT2D eigenvalue weighted by Gasteiger charge is 2.29. The zero-order chi connectivity index (χ0) is 13.9. The standard InChI is InChI=1S/C17H25BrN2/c1-14(15-6-4-7-16(18)12-15)20-11-5-10-19-9-3-2-8-17(19)13-20/h4,6-7,12,14,17H,2-3,5,8-11,13H2,1H3. The molecule has 0 spiro atoms. The lowest BCUT2D eigenvalue weighted by molar-refractivity contribution is 0.123. The van der Waals surface area contributed by atoms with E-state index in [4.69, 9.17) is 0 Å². The van der Waals surface area contributed by atoms with E-state index < -0.39 is 0 Å². The number of fused-ring (bicyclic) bond motifs is 1. The Kier molecular flexibility index (Phi) is 4.79. The maximum atomic E-state index is 3.60. The van der Waals surface area contributed by atoms with Crippen LogP contribution in [-0.4, -0.2) is 42.0 Å². The van der Waals surface area contributed by atoms with E-state index in [9.17, 15) is 0 Å². The lowest BCUT2D eigenvalue weighted by atomic mass is 10.0. The van der Waals surface area contributed by atoms with Crippen LogP contribution in [0.5, 0.6) is 0 Å². The summed E-state index contributed by atoms with van der Waals surface area (Å²) < 4.78 is 1.19. The molecule has 1 aromatic rings. The van der Waals surface area contributed by atoms with Gasteiger partial charge in [0.15, 0.2) is 0 Å². The average molecular weight is 337 g/mol. The molecule has 2 fully saturated rings. The van der Waals surface area contributed by atoms with Crippen molar-refractivity contribution in [1.29, 1.82) is 0 Å². The number of nitrogens with zero attached hydrogens (tertiary/aromatic N) is 2. The molecule has 2 aliphatic heterocycles. The number of benzene rings is 1. The van der Waals surface area contributed by atoms with Crippen LogP contribution in [-0.2, 0) is 0 Å². The van der Waals surface area contributed by atoms with Gasteiger partial charge in [0, 0.05) is 29.6 Å². The molecule has 2 nitrogen and oxygen atoms in total. The third kappa shape index (κ3) is 3.26. The predicted molar refractivity (Wildman–Crippen MR) is 88.0 cm³/mol. The van der Waals surface area contributed by atoms with E-state index >= 15 is 0 Å². The van der Waals surface area contributed by atoms with Gasteiger partial charge in [0.25, 0.3) is 0 Å². The summed E-state index contributed by atoms with van der Waals surface area (Å²) in [5, 5.41) is 0. The number of piperidine rings is 1. The van der Waals surface area contributed by atoms with Crippen LogP contribution in [0.15, 0.2) is 28.7 Å². The van der Waals surface area contributed by atoms with Crippen LogP contribution in [0.3, 0.4) is 0 Å². The molecule has 0 aliphatic carbocycles. The summed E-state index contributed by atoms with van der Waals surface area (Å²) in [5.41, 5.74) is 1.43. The predicted octanol–water partition coefficient (Wildman–Crippen LogP) is 4.07. The minimum atomic E-state index is 0.523. The lowest BCUT2D eigenvalue weighted by Gasteiger charge is -2.37. The van der Waals surface area contributed by atoms with Gasteiger partial charge in [0.2, 0.25) is 0 Å². The summed E-state index contributed by atoms with van der Waals surface area (Å²) in [6, 6.07) is 10.1. The Morgan fingerprint density at radius 1 is 1.15 bits per heavy atom. The third-order valence-electron chi connectivity index (χ3n) is 4.96. The summed E-state index contributed by atoms with van der Waals surface area (Å²) >= 11 is 3.60. The highest BCUT2D eigenvalue weighted by molar-refractivity contribution is 9.10. The summed E-state index contributed by atoms with van der Waals surface area (Å²) in [6.07, 6.45) is 5.52. The van der Waals surface area contributed by atoms with E-state index in [-0.39, 0.29) is 0 Å². The molecule has 2 saturated heterocycles. The third-order valence-corrected chi connectivity index (χ3v) is 5.46. The van der Waals surface area contributed by atoms with E-state index in [2.05, 4.69) is 56.9 Å². The van der Waals surface area contributed by atoms with Gasteiger partial charge < -0.3 is 0 Å². The van der Waals surface area contributed by atoms with Crippen molar-refractivity contribution in [2.45, 2.75) is 44.7 Å². The summed E-state index contributed by atoms with van der Waals surface area (Å²) in [4.78, 5) is 5.43. The first-order valence-corrected chi connectivity index (χ1v) is 8.77.